The molecule has 6 nitrogen and oxygen atoms in total. The van der Waals surface area contributed by atoms with Crippen LogP contribution in [0.1, 0.15) is 25.1 Å². The molecule has 106 valence electrons. The Morgan fingerprint density at radius 2 is 2.21 bits per heavy atom. The van der Waals surface area contributed by atoms with Crippen LogP contribution in [-0.2, 0) is 4.74 Å². The third-order valence-corrected chi connectivity index (χ3v) is 2.79. The SMILES string of the molecule is CCOCCN(CC)c1nc(C)ccc1C(N)=NO. The number of anilines is 1. The fourth-order valence-electron chi connectivity index (χ4n) is 1.77. The van der Waals surface area contributed by atoms with Crippen LogP contribution in [0.15, 0.2) is 17.3 Å². The van der Waals surface area contributed by atoms with Crippen LogP contribution in [0.3, 0.4) is 0 Å². The first-order valence-electron chi connectivity index (χ1n) is 6.42. The quantitative estimate of drug-likeness (QED) is 0.256. The summed E-state index contributed by atoms with van der Waals surface area (Å²) >= 11 is 0. The van der Waals surface area contributed by atoms with Crippen molar-refractivity contribution in [1.29, 1.82) is 0 Å². The Bertz CT molecular complexity index is 435. The zero-order valence-corrected chi connectivity index (χ0v) is 11.8. The Morgan fingerprint density at radius 1 is 1.47 bits per heavy atom. The fraction of sp³-hybridized carbons (Fsp3) is 0.538. The van der Waals surface area contributed by atoms with Crippen LogP contribution in [0, 0.1) is 6.92 Å². The molecule has 0 aromatic carbocycles. The van der Waals surface area contributed by atoms with Crippen molar-refractivity contribution in [2.75, 3.05) is 31.2 Å². The molecule has 0 aliphatic rings. The summed E-state index contributed by atoms with van der Waals surface area (Å²) in [4.78, 5) is 6.54. The molecule has 1 aromatic rings. The van der Waals surface area contributed by atoms with E-state index in [-0.39, 0.29) is 5.84 Å². The van der Waals surface area contributed by atoms with Gasteiger partial charge in [0.1, 0.15) is 5.82 Å². The second-order valence-corrected chi connectivity index (χ2v) is 4.09. The Hall–Kier alpha value is -1.82. The summed E-state index contributed by atoms with van der Waals surface area (Å²) < 4.78 is 5.36. The van der Waals surface area contributed by atoms with Crippen molar-refractivity contribution in [2.45, 2.75) is 20.8 Å². The largest absolute Gasteiger partial charge is 0.409 e. The van der Waals surface area contributed by atoms with E-state index in [1.54, 1.807) is 0 Å². The molecule has 0 radical (unpaired) electrons. The Labute approximate surface area is 113 Å². The highest BCUT2D eigenvalue weighted by Gasteiger charge is 2.14. The van der Waals surface area contributed by atoms with E-state index in [1.165, 1.54) is 0 Å². The highest BCUT2D eigenvalue weighted by Crippen LogP contribution is 2.18. The van der Waals surface area contributed by atoms with Crippen molar-refractivity contribution in [1.82, 2.24) is 4.98 Å². The molecule has 0 spiro atoms. The lowest BCUT2D eigenvalue weighted by Gasteiger charge is -2.24. The number of hydrogen-bond acceptors (Lipinski definition) is 5. The molecule has 0 aliphatic carbocycles. The van der Waals surface area contributed by atoms with Gasteiger partial charge in [0.15, 0.2) is 5.84 Å². The zero-order valence-electron chi connectivity index (χ0n) is 11.8. The zero-order chi connectivity index (χ0) is 14.3. The third kappa shape index (κ3) is 4.10. The third-order valence-electron chi connectivity index (χ3n) is 2.79. The molecule has 1 aromatic heterocycles. The van der Waals surface area contributed by atoms with E-state index in [1.807, 2.05) is 32.9 Å². The number of ether oxygens (including phenoxy) is 1. The van der Waals surface area contributed by atoms with Gasteiger partial charge in [0.05, 0.1) is 12.2 Å². The minimum Gasteiger partial charge on any atom is -0.409 e. The summed E-state index contributed by atoms with van der Waals surface area (Å²) in [6.07, 6.45) is 0. The summed E-state index contributed by atoms with van der Waals surface area (Å²) in [5.74, 6) is 0.787. The number of nitrogens with two attached hydrogens (primary N) is 1. The lowest BCUT2D eigenvalue weighted by Crippen LogP contribution is -2.31. The van der Waals surface area contributed by atoms with Crippen molar-refractivity contribution in [3.05, 3.63) is 23.4 Å². The minimum absolute atomic E-state index is 0.0670. The van der Waals surface area contributed by atoms with Crippen LogP contribution in [0.25, 0.3) is 0 Å². The van der Waals surface area contributed by atoms with Crippen LogP contribution < -0.4 is 10.6 Å². The molecule has 1 heterocycles. The van der Waals surface area contributed by atoms with Gasteiger partial charge >= 0.3 is 0 Å². The van der Waals surface area contributed by atoms with E-state index in [2.05, 4.69) is 15.0 Å². The Morgan fingerprint density at radius 3 is 2.79 bits per heavy atom. The van der Waals surface area contributed by atoms with E-state index >= 15 is 0 Å². The van der Waals surface area contributed by atoms with Crippen LogP contribution >= 0.6 is 0 Å². The maximum atomic E-state index is 8.84. The maximum Gasteiger partial charge on any atom is 0.173 e. The van der Waals surface area contributed by atoms with E-state index < -0.39 is 0 Å². The van der Waals surface area contributed by atoms with Gasteiger partial charge < -0.3 is 20.6 Å². The molecule has 0 aliphatic heterocycles. The number of amidine groups is 1. The minimum atomic E-state index is 0.0670. The van der Waals surface area contributed by atoms with Gasteiger partial charge in [-0.1, -0.05) is 5.16 Å². The van der Waals surface area contributed by atoms with E-state index in [9.17, 15) is 0 Å². The maximum absolute atomic E-state index is 8.84. The monoisotopic (exact) mass is 266 g/mol. The fourth-order valence-corrected chi connectivity index (χ4v) is 1.77. The van der Waals surface area contributed by atoms with Crippen LogP contribution in [0.4, 0.5) is 5.82 Å². The summed E-state index contributed by atoms with van der Waals surface area (Å²) in [7, 11) is 0. The Balaban J connectivity index is 3.03. The van der Waals surface area contributed by atoms with Gasteiger partial charge in [-0.05, 0) is 32.9 Å². The first kappa shape index (κ1) is 15.2. The number of aryl methyl sites for hydroxylation is 1. The number of pyridine rings is 1. The summed E-state index contributed by atoms with van der Waals surface area (Å²) in [6, 6.07) is 3.66. The number of hydrogen-bond donors (Lipinski definition) is 2. The van der Waals surface area contributed by atoms with Crippen LogP contribution in [0.2, 0.25) is 0 Å². The average Bonchev–Trinajstić information content (AvgIpc) is 2.43. The van der Waals surface area contributed by atoms with E-state index in [0.29, 0.717) is 25.3 Å². The predicted molar refractivity (Wildman–Crippen MR) is 75.9 cm³/mol. The summed E-state index contributed by atoms with van der Waals surface area (Å²) in [5.41, 5.74) is 7.21. The summed E-state index contributed by atoms with van der Waals surface area (Å²) in [5, 5.41) is 11.9. The lowest BCUT2D eigenvalue weighted by molar-refractivity contribution is 0.154. The highest BCUT2D eigenvalue weighted by atomic mass is 16.5. The molecule has 0 unspecified atom stereocenters. The predicted octanol–water partition coefficient (Wildman–Crippen LogP) is 1.35. The van der Waals surface area contributed by atoms with Crippen molar-refractivity contribution in [3.8, 4) is 0 Å². The number of nitrogens with zero attached hydrogens (tertiary/aromatic N) is 3. The van der Waals surface area contributed by atoms with Crippen LogP contribution in [0.5, 0.6) is 0 Å². The molecule has 6 heteroatoms. The number of rotatable bonds is 7. The summed E-state index contributed by atoms with van der Waals surface area (Å²) in [6.45, 7) is 8.70. The van der Waals surface area contributed by atoms with Crippen molar-refractivity contribution in [3.63, 3.8) is 0 Å². The molecule has 0 amide bonds. The van der Waals surface area contributed by atoms with Crippen molar-refractivity contribution >= 4 is 11.7 Å². The number of likely N-dealkylation sites (N-methyl/N-ethyl adjacent to an activating group) is 1. The number of aromatic nitrogens is 1. The molecule has 19 heavy (non-hydrogen) atoms. The van der Waals surface area contributed by atoms with Gasteiger partial charge in [0.2, 0.25) is 0 Å². The second kappa shape index (κ2) is 7.58. The molecule has 0 saturated heterocycles. The lowest BCUT2D eigenvalue weighted by atomic mass is 10.2. The topological polar surface area (TPSA) is 84.0 Å². The molecular weight excluding hydrogens is 244 g/mol. The molecule has 0 fully saturated rings. The van der Waals surface area contributed by atoms with Gasteiger partial charge in [-0.2, -0.15) is 0 Å². The highest BCUT2D eigenvalue weighted by molar-refractivity contribution is 6.01. The molecule has 3 N–H and O–H groups in total. The normalized spacial score (nSPS) is 11.6. The molecular formula is C13H22N4O2. The smallest absolute Gasteiger partial charge is 0.173 e. The van der Waals surface area contributed by atoms with Crippen molar-refractivity contribution < 1.29 is 9.94 Å². The van der Waals surface area contributed by atoms with Gasteiger partial charge in [0.25, 0.3) is 0 Å². The van der Waals surface area contributed by atoms with Gasteiger partial charge in [-0.15, -0.1) is 0 Å². The second-order valence-electron chi connectivity index (χ2n) is 4.09. The van der Waals surface area contributed by atoms with E-state index in [4.69, 9.17) is 15.7 Å². The molecule has 1 rings (SSSR count). The first-order valence-corrected chi connectivity index (χ1v) is 6.42. The molecule has 0 saturated carbocycles. The standard InChI is InChI=1S/C13H22N4O2/c1-4-17(8-9-19-5-2)13-11(12(14)16-18)7-6-10(3)15-13/h6-7,18H,4-5,8-9H2,1-3H3,(H2,14,16). The van der Waals surface area contributed by atoms with Gasteiger partial charge in [-0.3, -0.25) is 0 Å². The van der Waals surface area contributed by atoms with Gasteiger partial charge in [-0.25, -0.2) is 4.98 Å². The van der Waals surface area contributed by atoms with Crippen molar-refractivity contribution in [2.24, 2.45) is 10.9 Å². The first-order chi connectivity index (χ1) is 9.13. The molecule has 0 bridgehead atoms. The average molecular weight is 266 g/mol. The Kier molecular flexibility index (Phi) is 6.08. The van der Waals surface area contributed by atoms with Crippen LogP contribution in [-0.4, -0.2) is 42.3 Å². The van der Waals surface area contributed by atoms with E-state index in [0.717, 1.165) is 18.1 Å². The molecule has 0 atom stereocenters. The van der Waals surface area contributed by atoms with Gasteiger partial charge in [0, 0.05) is 25.4 Å². The number of oxime groups is 1.